The van der Waals surface area contributed by atoms with Gasteiger partial charge in [-0.2, -0.15) is 4.98 Å². The molecule has 6 heteroatoms. The lowest BCUT2D eigenvalue weighted by molar-refractivity contribution is 0.0595. The molecular weight excluding hydrogens is 264 g/mol. The zero-order chi connectivity index (χ0) is 13.5. The van der Waals surface area contributed by atoms with Gasteiger partial charge in [0.25, 0.3) is 0 Å². The number of nitrogens with one attached hydrogen (secondary N) is 2. The minimum atomic E-state index is 0.534. The zero-order valence-corrected chi connectivity index (χ0v) is 12.0. The number of ether oxygens (including phenoxy) is 1. The normalized spacial score (nSPS) is 19.2. The Bertz CT molecular complexity index is 396. The van der Waals surface area contributed by atoms with Crippen LogP contribution < -0.4 is 10.6 Å². The average Bonchev–Trinajstić information content (AvgIpc) is 2.46. The number of nitrogens with zero attached hydrogens (tertiary/aromatic N) is 2. The van der Waals surface area contributed by atoms with Gasteiger partial charge >= 0.3 is 0 Å². The molecule has 1 unspecified atom stereocenters. The van der Waals surface area contributed by atoms with Crippen LogP contribution in [0.2, 0.25) is 5.02 Å². The van der Waals surface area contributed by atoms with E-state index in [9.17, 15) is 0 Å². The van der Waals surface area contributed by atoms with Crippen molar-refractivity contribution in [3.63, 3.8) is 0 Å². The lowest BCUT2D eigenvalue weighted by Crippen LogP contribution is -2.24. The predicted molar refractivity (Wildman–Crippen MR) is 77.9 cm³/mol. The van der Waals surface area contributed by atoms with Crippen LogP contribution in [-0.4, -0.2) is 36.3 Å². The van der Waals surface area contributed by atoms with Crippen molar-refractivity contribution < 1.29 is 4.74 Å². The molecule has 0 saturated carbocycles. The summed E-state index contributed by atoms with van der Waals surface area (Å²) in [6.45, 7) is 5.50. The largest absolute Gasteiger partial charge is 0.381 e. The third kappa shape index (κ3) is 4.51. The topological polar surface area (TPSA) is 59.1 Å². The van der Waals surface area contributed by atoms with Gasteiger partial charge < -0.3 is 15.4 Å². The minimum Gasteiger partial charge on any atom is -0.381 e. The van der Waals surface area contributed by atoms with Crippen molar-refractivity contribution in [1.82, 2.24) is 9.97 Å². The van der Waals surface area contributed by atoms with Crippen LogP contribution in [0, 0.1) is 5.92 Å². The van der Waals surface area contributed by atoms with Crippen molar-refractivity contribution in [1.29, 1.82) is 0 Å². The number of anilines is 2. The molecule has 2 N–H and O–H groups in total. The number of aromatic nitrogens is 2. The molecule has 1 aromatic heterocycles. The Hall–Kier alpha value is -1.07. The Morgan fingerprint density at radius 1 is 1.47 bits per heavy atom. The van der Waals surface area contributed by atoms with Gasteiger partial charge in [-0.1, -0.05) is 18.5 Å². The van der Waals surface area contributed by atoms with Crippen LogP contribution in [0.4, 0.5) is 11.8 Å². The SMILES string of the molecule is CCCNc1ncc(Cl)c(NCC2CCCOC2)n1. The summed E-state index contributed by atoms with van der Waals surface area (Å²) in [7, 11) is 0. The highest BCUT2D eigenvalue weighted by Crippen LogP contribution is 2.21. The van der Waals surface area contributed by atoms with Gasteiger partial charge in [-0.05, 0) is 25.2 Å². The number of hydrogen-bond donors (Lipinski definition) is 2. The molecule has 1 saturated heterocycles. The second kappa shape index (κ2) is 7.50. The van der Waals surface area contributed by atoms with E-state index < -0.39 is 0 Å². The molecule has 2 rings (SSSR count). The summed E-state index contributed by atoms with van der Waals surface area (Å²) in [5.74, 6) is 1.85. The fraction of sp³-hybridized carbons (Fsp3) is 0.692. The summed E-state index contributed by atoms with van der Waals surface area (Å²) in [6.07, 6.45) is 4.99. The lowest BCUT2D eigenvalue weighted by atomic mass is 10.0. The smallest absolute Gasteiger partial charge is 0.224 e. The molecule has 19 heavy (non-hydrogen) atoms. The lowest BCUT2D eigenvalue weighted by Gasteiger charge is -2.22. The van der Waals surface area contributed by atoms with E-state index in [4.69, 9.17) is 16.3 Å². The number of halogens is 1. The second-order valence-corrected chi connectivity index (χ2v) is 5.19. The quantitative estimate of drug-likeness (QED) is 0.841. The molecule has 0 bridgehead atoms. The highest BCUT2D eigenvalue weighted by molar-refractivity contribution is 6.32. The Morgan fingerprint density at radius 2 is 2.37 bits per heavy atom. The maximum absolute atomic E-state index is 6.10. The molecule has 1 aromatic rings. The van der Waals surface area contributed by atoms with Crippen LogP contribution in [-0.2, 0) is 4.74 Å². The van der Waals surface area contributed by atoms with Crippen molar-refractivity contribution >= 4 is 23.4 Å². The van der Waals surface area contributed by atoms with E-state index in [1.54, 1.807) is 6.20 Å². The highest BCUT2D eigenvalue weighted by atomic mass is 35.5. The average molecular weight is 285 g/mol. The third-order valence-electron chi connectivity index (χ3n) is 3.09. The predicted octanol–water partition coefficient (Wildman–Crippen LogP) is 2.79. The Kier molecular flexibility index (Phi) is 5.66. The molecule has 1 aliphatic rings. The van der Waals surface area contributed by atoms with Crippen LogP contribution in [0.1, 0.15) is 26.2 Å². The Morgan fingerprint density at radius 3 is 3.11 bits per heavy atom. The molecule has 1 aliphatic heterocycles. The van der Waals surface area contributed by atoms with E-state index in [0.29, 0.717) is 22.7 Å². The Labute approximate surface area is 119 Å². The van der Waals surface area contributed by atoms with Gasteiger partial charge in [0.05, 0.1) is 12.8 Å². The summed E-state index contributed by atoms with van der Waals surface area (Å²) in [5.41, 5.74) is 0. The van der Waals surface area contributed by atoms with Gasteiger partial charge in [-0.3, -0.25) is 0 Å². The molecule has 0 amide bonds. The van der Waals surface area contributed by atoms with Crippen molar-refractivity contribution in [3.8, 4) is 0 Å². The van der Waals surface area contributed by atoms with Crippen molar-refractivity contribution in [2.75, 3.05) is 36.9 Å². The summed E-state index contributed by atoms with van der Waals surface area (Å²) in [5, 5.41) is 7.01. The van der Waals surface area contributed by atoms with E-state index in [2.05, 4.69) is 27.5 Å². The van der Waals surface area contributed by atoms with Crippen LogP contribution in [0.15, 0.2) is 6.20 Å². The third-order valence-corrected chi connectivity index (χ3v) is 3.37. The molecule has 0 aromatic carbocycles. The molecule has 1 fully saturated rings. The Balaban J connectivity index is 1.90. The maximum atomic E-state index is 6.10. The van der Waals surface area contributed by atoms with Crippen LogP contribution in [0.5, 0.6) is 0 Å². The molecular formula is C13H21ClN4O. The van der Waals surface area contributed by atoms with Crippen molar-refractivity contribution in [2.24, 2.45) is 5.92 Å². The maximum Gasteiger partial charge on any atom is 0.224 e. The molecule has 106 valence electrons. The van der Waals surface area contributed by atoms with Crippen molar-refractivity contribution in [2.45, 2.75) is 26.2 Å². The fourth-order valence-electron chi connectivity index (χ4n) is 2.02. The number of rotatable bonds is 6. The number of hydrogen-bond acceptors (Lipinski definition) is 5. The van der Waals surface area contributed by atoms with Crippen LogP contribution in [0.25, 0.3) is 0 Å². The van der Waals surface area contributed by atoms with Crippen LogP contribution in [0.3, 0.4) is 0 Å². The van der Waals surface area contributed by atoms with E-state index >= 15 is 0 Å². The molecule has 2 heterocycles. The van der Waals surface area contributed by atoms with E-state index in [1.807, 2.05) is 0 Å². The van der Waals surface area contributed by atoms with Gasteiger partial charge in [-0.15, -0.1) is 0 Å². The summed E-state index contributed by atoms with van der Waals surface area (Å²) in [4.78, 5) is 8.54. The first-order valence-electron chi connectivity index (χ1n) is 6.87. The summed E-state index contributed by atoms with van der Waals surface area (Å²) >= 11 is 6.10. The second-order valence-electron chi connectivity index (χ2n) is 4.78. The van der Waals surface area contributed by atoms with Crippen LogP contribution >= 0.6 is 11.6 Å². The summed E-state index contributed by atoms with van der Waals surface area (Å²) < 4.78 is 5.46. The standard InChI is InChI=1S/C13H21ClN4O/c1-2-5-15-13-17-8-11(14)12(18-13)16-7-10-4-3-6-19-9-10/h8,10H,2-7,9H2,1H3,(H2,15,16,17,18). The van der Waals surface area contributed by atoms with Crippen molar-refractivity contribution in [3.05, 3.63) is 11.2 Å². The van der Waals surface area contributed by atoms with Gasteiger partial charge in [-0.25, -0.2) is 4.98 Å². The first-order valence-corrected chi connectivity index (χ1v) is 7.25. The monoisotopic (exact) mass is 284 g/mol. The van der Waals surface area contributed by atoms with E-state index in [1.165, 1.54) is 6.42 Å². The van der Waals surface area contributed by atoms with Gasteiger partial charge in [0.15, 0.2) is 0 Å². The van der Waals surface area contributed by atoms with E-state index in [-0.39, 0.29) is 0 Å². The van der Waals surface area contributed by atoms with Gasteiger partial charge in [0.2, 0.25) is 5.95 Å². The summed E-state index contributed by atoms with van der Waals surface area (Å²) in [6, 6.07) is 0. The first-order chi connectivity index (χ1) is 9.29. The molecule has 1 atom stereocenters. The zero-order valence-electron chi connectivity index (χ0n) is 11.3. The molecule has 5 nitrogen and oxygen atoms in total. The molecule has 0 aliphatic carbocycles. The first kappa shape index (κ1) is 14.3. The molecule has 0 spiro atoms. The highest BCUT2D eigenvalue weighted by Gasteiger charge is 2.14. The fourth-order valence-corrected chi connectivity index (χ4v) is 2.18. The molecule has 0 radical (unpaired) electrons. The van der Waals surface area contributed by atoms with Gasteiger partial charge in [0, 0.05) is 19.7 Å². The van der Waals surface area contributed by atoms with Gasteiger partial charge in [0.1, 0.15) is 10.8 Å². The minimum absolute atomic E-state index is 0.534. The van der Waals surface area contributed by atoms with E-state index in [0.717, 1.165) is 39.1 Å².